The van der Waals surface area contributed by atoms with Crippen LogP contribution in [0.15, 0.2) is 24.3 Å². The van der Waals surface area contributed by atoms with Crippen LogP contribution in [0.2, 0.25) is 0 Å². The number of benzene rings is 1. The second-order valence-electron chi connectivity index (χ2n) is 3.66. The van der Waals surface area contributed by atoms with E-state index in [4.69, 9.17) is 0 Å². The SMILES string of the molecule is CC1(C)c2ccccc2CS1=O. The molecule has 2 heteroatoms. The topological polar surface area (TPSA) is 17.1 Å². The molecule has 1 aromatic carbocycles. The summed E-state index contributed by atoms with van der Waals surface area (Å²) >= 11 is 0. The Morgan fingerprint density at radius 1 is 1.33 bits per heavy atom. The van der Waals surface area contributed by atoms with E-state index in [1.165, 1.54) is 11.1 Å². The first kappa shape index (κ1) is 7.99. The van der Waals surface area contributed by atoms with Crippen molar-refractivity contribution in [3.63, 3.8) is 0 Å². The molecule has 0 bridgehead atoms. The Kier molecular flexibility index (Phi) is 1.62. The number of fused-ring (bicyclic) bond motifs is 1. The largest absolute Gasteiger partial charge is 0.258 e. The van der Waals surface area contributed by atoms with E-state index in [9.17, 15) is 4.21 Å². The smallest absolute Gasteiger partial charge is 0.0657 e. The van der Waals surface area contributed by atoms with Crippen molar-refractivity contribution in [3.8, 4) is 0 Å². The summed E-state index contributed by atoms with van der Waals surface area (Å²) in [6.45, 7) is 4.10. The fourth-order valence-electron chi connectivity index (χ4n) is 1.68. The molecule has 0 fully saturated rings. The summed E-state index contributed by atoms with van der Waals surface area (Å²) in [5, 5.41) is 0. The Hall–Kier alpha value is -0.630. The molecule has 0 radical (unpaired) electrons. The Morgan fingerprint density at radius 3 is 2.67 bits per heavy atom. The molecule has 1 aliphatic rings. The molecular weight excluding hydrogens is 168 g/mol. The van der Waals surface area contributed by atoms with Gasteiger partial charge in [-0.3, -0.25) is 4.21 Å². The highest BCUT2D eigenvalue weighted by Crippen LogP contribution is 2.38. The summed E-state index contributed by atoms with van der Waals surface area (Å²) in [5.41, 5.74) is 2.50. The molecule has 64 valence electrons. The lowest BCUT2D eigenvalue weighted by atomic mass is 9.98. The third-order valence-corrected chi connectivity index (χ3v) is 4.45. The van der Waals surface area contributed by atoms with Crippen molar-refractivity contribution in [2.45, 2.75) is 24.3 Å². The van der Waals surface area contributed by atoms with Gasteiger partial charge in [-0.05, 0) is 25.0 Å². The molecule has 0 saturated heterocycles. The van der Waals surface area contributed by atoms with Crippen molar-refractivity contribution in [2.24, 2.45) is 0 Å². The van der Waals surface area contributed by atoms with Gasteiger partial charge in [0.15, 0.2) is 0 Å². The van der Waals surface area contributed by atoms with E-state index >= 15 is 0 Å². The molecule has 1 aromatic rings. The van der Waals surface area contributed by atoms with Crippen LogP contribution in [0.3, 0.4) is 0 Å². The molecule has 12 heavy (non-hydrogen) atoms. The predicted octanol–water partition coefficient (Wildman–Crippen LogP) is 2.18. The van der Waals surface area contributed by atoms with Crippen LogP contribution >= 0.6 is 0 Å². The molecule has 0 amide bonds. The van der Waals surface area contributed by atoms with Crippen LogP contribution in [0, 0.1) is 0 Å². The first-order valence-corrected chi connectivity index (χ1v) is 5.41. The van der Waals surface area contributed by atoms with Crippen molar-refractivity contribution in [1.82, 2.24) is 0 Å². The maximum Gasteiger partial charge on any atom is 0.0657 e. The normalized spacial score (nSPS) is 25.3. The standard InChI is InChI=1S/C10H12OS/c1-10(2)9-6-4-3-5-8(9)7-12(10)11/h3-6H,7H2,1-2H3. The van der Waals surface area contributed by atoms with Gasteiger partial charge in [-0.15, -0.1) is 0 Å². The molecule has 0 saturated carbocycles. The van der Waals surface area contributed by atoms with Gasteiger partial charge >= 0.3 is 0 Å². The fourth-order valence-corrected chi connectivity index (χ4v) is 3.02. The number of hydrogen-bond donors (Lipinski definition) is 0. The highest BCUT2D eigenvalue weighted by molar-refractivity contribution is 7.85. The zero-order valence-electron chi connectivity index (χ0n) is 7.33. The quantitative estimate of drug-likeness (QED) is 0.598. The molecule has 1 heterocycles. The average molecular weight is 180 g/mol. The fraction of sp³-hybridized carbons (Fsp3) is 0.400. The van der Waals surface area contributed by atoms with Crippen LogP contribution < -0.4 is 0 Å². The molecule has 1 aliphatic heterocycles. The predicted molar refractivity (Wildman–Crippen MR) is 51.3 cm³/mol. The van der Waals surface area contributed by atoms with Crippen LogP contribution in [0.1, 0.15) is 25.0 Å². The van der Waals surface area contributed by atoms with Gasteiger partial charge < -0.3 is 0 Å². The zero-order chi connectivity index (χ0) is 8.77. The van der Waals surface area contributed by atoms with Crippen molar-refractivity contribution in [1.29, 1.82) is 0 Å². The molecular formula is C10H12OS. The maximum absolute atomic E-state index is 11.7. The van der Waals surface area contributed by atoms with Crippen molar-refractivity contribution in [2.75, 3.05) is 0 Å². The molecule has 1 atom stereocenters. The minimum atomic E-state index is -0.730. The van der Waals surface area contributed by atoms with E-state index in [1.807, 2.05) is 12.1 Å². The molecule has 2 rings (SSSR count). The van der Waals surface area contributed by atoms with Gasteiger partial charge in [0.25, 0.3) is 0 Å². The highest BCUT2D eigenvalue weighted by Gasteiger charge is 2.36. The van der Waals surface area contributed by atoms with E-state index < -0.39 is 10.8 Å². The van der Waals surface area contributed by atoms with Crippen LogP contribution in [0.4, 0.5) is 0 Å². The van der Waals surface area contributed by atoms with Crippen molar-refractivity contribution in [3.05, 3.63) is 35.4 Å². The number of hydrogen-bond acceptors (Lipinski definition) is 1. The third kappa shape index (κ3) is 0.944. The summed E-state index contributed by atoms with van der Waals surface area (Å²) in [6.07, 6.45) is 0. The van der Waals surface area contributed by atoms with E-state index in [2.05, 4.69) is 26.0 Å². The summed E-state index contributed by atoms with van der Waals surface area (Å²) in [7, 11) is -0.730. The van der Waals surface area contributed by atoms with E-state index in [0.717, 1.165) is 5.75 Å². The summed E-state index contributed by atoms with van der Waals surface area (Å²) in [4.78, 5) is 0. The van der Waals surface area contributed by atoms with Crippen LogP contribution in [0.25, 0.3) is 0 Å². The second-order valence-corrected chi connectivity index (χ2v) is 5.66. The lowest BCUT2D eigenvalue weighted by Crippen LogP contribution is -2.17. The van der Waals surface area contributed by atoms with Gasteiger partial charge in [0.2, 0.25) is 0 Å². The molecule has 1 unspecified atom stereocenters. The van der Waals surface area contributed by atoms with Gasteiger partial charge in [0.05, 0.1) is 4.75 Å². The minimum Gasteiger partial charge on any atom is -0.258 e. The maximum atomic E-state index is 11.7. The monoisotopic (exact) mass is 180 g/mol. The summed E-state index contributed by atoms with van der Waals surface area (Å²) in [5.74, 6) is 0.725. The van der Waals surface area contributed by atoms with Gasteiger partial charge in [0, 0.05) is 16.6 Å². The van der Waals surface area contributed by atoms with Crippen molar-refractivity contribution < 1.29 is 4.21 Å². The average Bonchev–Trinajstić information content (AvgIpc) is 2.25. The van der Waals surface area contributed by atoms with Crippen LogP contribution in [-0.4, -0.2) is 4.21 Å². The van der Waals surface area contributed by atoms with E-state index in [-0.39, 0.29) is 4.75 Å². The Bertz CT molecular complexity index is 341. The minimum absolute atomic E-state index is 0.142. The first-order valence-electron chi connectivity index (χ1n) is 4.09. The first-order chi connectivity index (χ1) is 5.62. The zero-order valence-corrected chi connectivity index (χ0v) is 8.15. The molecule has 0 aliphatic carbocycles. The molecule has 0 N–H and O–H groups in total. The van der Waals surface area contributed by atoms with E-state index in [1.54, 1.807) is 0 Å². The molecule has 0 spiro atoms. The van der Waals surface area contributed by atoms with Gasteiger partial charge in [-0.25, -0.2) is 0 Å². The van der Waals surface area contributed by atoms with Gasteiger partial charge in [0.1, 0.15) is 0 Å². The Balaban J connectivity index is 2.63. The second kappa shape index (κ2) is 2.43. The Morgan fingerprint density at radius 2 is 2.00 bits per heavy atom. The van der Waals surface area contributed by atoms with Crippen LogP contribution in [-0.2, 0) is 21.3 Å². The van der Waals surface area contributed by atoms with Gasteiger partial charge in [-0.1, -0.05) is 24.3 Å². The number of rotatable bonds is 0. The highest BCUT2D eigenvalue weighted by atomic mass is 32.2. The van der Waals surface area contributed by atoms with Crippen molar-refractivity contribution >= 4 is 10.8 Å². The van der Waals surface area contributed by atoms with Gasteiger partial charge in [-0.2, -0.15) is 0 Å². The third-order valence-electron chi connectivity index (χ3n) is 2.52. The van der Waals surface area contributed by atoms with E-state index in [0.29, 0.717) is 0 Å². The summed E-state index contributed by atoms with van der Waals surface area (Å²) in [6, 6.07) is 8.18. The molecule has 1 nitrogen and oxygen atoms in total. The summed E-state index contributed by atoms with van der Waals surface area (Å²) < 4.78 is 11.5. The Labute approximate surface area is 75.3 Å². The lowest BCUT2D eigenvalue weighted by molar-refractivity contribution is 0.652. The lowest BCUT2D eigenvalue weighted by Gasteiger charge is -2.16. The molecule has 0 aromatic heterocycles. The van der Waals surface area contributed by atoms with Crippen LogP contribution in [0.5, 0.6) is 0 Å².